The van der Waals surface area contributed by atoms with Gasteiger partial charge in [0, 0.05) is 22.3 Å². The van der Waals surface area contributed by atoms with Crippen molar-refractivity contribution in [3.63, 3.8) is 0 Å². The molecule has 0 aliphatic rings. The van der Waals surface area contributed by atoms with E-state index in [-0.39, 0.29) is 25.0 Å². The Labute approximate surface area is 106 Å². The number of aryl methyl sites for hydroxylation is 1. The minimum absolute atomic E-state index is 0. The number of hydrogen-bond donors (Lipinski definition) is 1. The quantitative estimate of drug-likeness (QED) is 0.888. The molecule has 0 spiro atoms. The highest BCUT2D eigenvalue weighted by atomic mass is 35.5. The van der Waals surface area contributed by atoms with Crippen molar-refractivity contribution in [2.75, 3.05) is 6.54 Å². The van der Waals surface area contributed by atoms with Gasteiger partial charge in [0.15, 0.2) is 0 Å². The number of carboxylic acid groups (broad SMARTS) is 1. The van der Waals surface area contributed by atoms with Crippen LogP contribution in [0.1, 0.15) is 23.6 Å². The molecule has 3 nitrogen and oxygen atoms in total. The van der Waals surface area contributed by atoms with Gasteiger partial charge in [-0.1, -0.05) is 0 Å². The number of nitrogens with zero attached hydrogens (tertiary/aromatic N) is 1. The lowest BCUT2D eigenvalue weighted by Gasteiger charge is -2.23. The third kappa shape index (κ3) is 4.96. The molecule has 0 aliphatic heterocycles. The van der Waals surface area contributed by atoms with Gasteiger partial charge in [-0.25, -0.2) is 0 Å². The molecule has 0 saturated carbocycles. The minimum Gasteiger partial charge on any atom is -0.480 e. The second kappa shape index (κ2) is 6.89. The van der Waals surface area contributed by atoms with Gasteiger partial charge >= 0.3 is 5.97 Å². The van der Waals surface area contributed by atoms with Crippen LogP contribution < -0.4 is 0 Å². The van der Waals surface area contributed by atoms with Crippen LogP contribution in [0.15, 0.2) is 12.1 Å². The molecule has 92 valence electrons. The molecule has 0 aromatic carbocycles. The van der Waals surface area contributed by atoms with Crippen molar-refractivity contribution in [1.82, 2.24) is 4.90 Å². The number of carbonyl (C=O) groups is 1. The molecule has 0 atom stereocenters. The third-order valence-electron chi connectivity index (χ3n) is 2.22. The summed E-state index contributed by atoms with van der Waals surface area (Å²) in [5.74, 6) is -0.767. The fourth-order valence-corrected chi connectivity index (χ4v) is 2.28. The summed E-state index contributed by atoms with van der Waals surface area (Å²) in [6.45, 7) is 6.93. The Morgan fingerprint density at radius 2 is 2.12 bits per heavy atom. The van der Waals surface area contributed by atoms with Gasteiger partial charge in [-0.2, -0.15) is 0 Å². The molecule has 1 aromatic rings. The number of rotatable bonds is 5. The minimum atomic E-state index is -0.767. The fourth-order valence-electron chi connectivity index (χ4n) is 1.37. The molecule has 0 radical (unpaired) electrons. The van der Waals surface area contributed by atoms with Crippen molar-refractivity contribution < 1.29 is 9.90 Å². The number of aliphatic carboxylic acids is 1. The second-order valence-corrected chi connectivity index (χ2v) is 5.28. The zero-order valence-corrected chi connectivity index (χ0v) is 11.4. The number of halogens is 1. The molecule has 5 heteroatoms. The largest absolute Gasteiger partial charge is 0.480 e. The van der Waals surface area contributed by atoms with Crippen molar-refractivity contribution >= 4 is 29.7 Å². The lowest BCUT2D eigenvalue weighted by atomic mass is 10.3. The molecule has 1 N–H and O–H groups in total. The van der Waals surface area contributed by atoms with Gasteiger partial charge in [0.2, 0.25) is 0 Å². The summed E-state index contributed by atoms with van der Waals surface area (Å²) in [4.78, 5) is 15.1. The smallest absolute Gasteiger partial charge is 0.317 e. The topological polar surface area (TPSA) is 40.5 Å². The Kier molecular flexibility index (Phi) is 6.64. The summed E-state index contributed by atoms with van der Waals surface area (Å²) < 4.78 is 0. The second-order valence-electron chi connectivity index (χ2n) is 3.90. The number of thiophene rings is 1. The van der Waals surface area contributed by atoms with E-state index in [0.29, 0.717) is 0 Å². The maximum absolute atomic E-state index is 10.7. The van der Waals surface area contributed by atoms with Crippen molar-refractivity contribution in [3.05, 3.63) is 21.9 Å². The monoisotopic (exact) mass is 263 g/mol. The maximum atomic E-state index is 10.7. The van der Waals surface area contributed by atoms with Crippen LogP contribution in [0.25, 0.3) is 0 Å². The molecule has 1 heterocycles. The molecule has 0 bridgehead atoms. The van der Waals surface area contributed by atoms with Crippen LogP contribution in [0.2, 0.25) is 0 Å². The van der Waals surface area contributed by atoms with Crippen LogP contribution in [0.4, 0.5) is 0 Å². The lowest BCUT2D eigenvalue weighted by molar-refractivity contribution is -0.138. The van der Waals surface area contributed by atoms with E-state index in [4.69, 9.17) is 5.11 Å². The van der Waals surface area contributed by atoms with Crippen LogP contribution >= 0.6 is 23.7 Å². The Morgan fingerprint density at radius 1 is 1.50 bits per heavy atom. The van der Waals surface area contributed by atoms with Gasteiger partial charge in [0.1, 0.15) is 0 Å². The summed E-state index contributed by atoms with van der Waals surface area (Å²) in [6.07, 6.45) is 0. The van der Waals surface area contributed by atoms with Crippen LogP contribution in [-0.2, 0) is 11.3 Å². The number of carboxylic acids is 1. The van der Waals surface area contributed by atoms with Gasteiger partial charge in [-0.3, -0.25) is 9.69 Å². The first-order valence-electron chi connectivity index (χ1n) is 5.00. The summed E-state index contributed by atoms with van der Waals surface area (Å²) in [5, 5.41) is 8.78. The molecular formula is C11H18ClNO2S. The van der Waals surface area contributed by atoms with E-state index in [1.54, 1.807) is 11.3 Å². The average molecular weight is 264 g/mol. The molecule has 1 aromatic heterocycles. The predicted octanol–water partition coefficient (Wildman–Crippen LogP) is 2.77. The summed E-state index contributed by atoms with van der Waals surface area (Å²) in [7, 11) is 0. The first-order valence-corrected chi connectivity index (χ1v) is 5.82. The molecule has 16 heavy (non-hydrogen) atoms. The van der Waals surface area contributed by atoms with Crippen LogP contribution in [-0.4, -0.2) is 28.6 Å². The molecule has 0 amide bonds. The summed E-state index contributed by atoms with van der Waals surface area (Å²) >= 11 is 1.73. The first kappa shape index (κ1) is 15.4. The standard InChI is InChI=1S/C11H17NO2S.ClH/c1-8(2)12(7-11(13)14)6-10-5-4-9(3)15-10;/h4-5,8H,6-7H2,1-3H3,(H,13,14);1H. The van der Waals surface area contributed by atoms with E-state index in [9.17, 15) is 4.79 Å². The van der Waals surface area contributed by atoms with Crippen molar-refractivity contribution in [2.45, 2.75) is 33.4 Å². The predicted molar refractivity (Wildman–Crippen MR) is 69.5 cm³/mol. The van der Waals surface area contributed by atoms with Crippen LogP contribution in [0, 0.1) is 6.92 Å². The zero-order valence-electron chi connectivity index (χ0n) is 9.77. The van der Waals surface area contributed by atoms with Crippen molar-refractivity contribution in [1.29, 1.82) is 0 Å². The van der Waals surface area contributed by atoms with E-state index >= 15 is 0 Å². The fraction of sp³-hybridized carbons (Fsp3) is 0.545. The summed E-state index contributed by atoms with van der Waals surface area (Å²) in [5.41, 5.74) is 0. The Hall–Kier alpha value is -0.580. The van der Waals surface area contributed by atoms with Gasteiger partial charge in [0.25, 0.3) is 0 Å². The molecule has 0 fully saturated rings. The van der Waals surface area contributed by atoms with Gasteiger partial charge < -0.3 is 5.11 Å². The molecule has 1 rings (SSSR count). The number of hydrogen-bond acceptors (Lipinski definition) is 3. The first-order chi connectivity index (χ1) is 6.99. The molecule has 0 aliphatic carbocycles. The SMILES string of the molecule is Cc1ccc(CN(CC(=O)O)C(C)C)s1.Cl. The highest BCUT2D eigenvalue weighted by Gasteiger charge is 2.14. The summed E-state index contributed by atoms with van der Waals surface area (Å²) in [6, 6.07) is 4.39. The van der Waals surface area contributed by atoms with E-state index in [2.05, 4.69) is 19.1 Å². The lowest BCUT2D eigenvalue weighted by Crippen LogP contribution is -2.34. The van der Waals surface area contributed by atoms with E-state index < -0.39 is 5.97 Å². The zero-order chi connectivity index (χ0) is 11.4. The van der Waals surface area contributed by atoms with Crippen molar-refractivity contribution in [3.8, 4) is 0 Å². The highest BCUT2D eigenvalue weighted by molar-refractivity contribution is 7.11. The normalized spacial score (nSPS) is 10.6. The maximum Gasteiger partial charge on any atom is 0.317 e. The highest BCUT2D eigenvalue weighted by Crippen LogP contribution is 2.18. The molecule has 0 saturated heterocycles. The van der Waals surface area contributed by atoms with Crippen LogP contribution in [0.5, 0.6) is 0 Å². The van der Waals surface area contributed by atoms with E-state index in [1.165, 1.54) is 9.75 Å². The van der Waals surface area contributed by atoms with Crippen molar-refractivity contribution in [2.24, 2.45) is 0 Å². The third-order valence-corrected chi connectivity index (χ3v) is 3.21. The van der Waals surface area contributed by atoms with Crippen LogP contribution in [0.3, 0.4) is 0 Å². The van der Waals surface area contributed by atoms with Gasteiger partial charge in [0.05, 0.1) is 6.54 Å². The molecule has 0 unspecified atom stereocenters. The average Bonchev–Trinajstić information content (AvgIpc) is 2.49. The Morgan fingerprint density at radius 3 is 2.50 bits per heavy atom. The Balaban J connectivity index is 0.00000225. The van der Waals surface area contributed by atoms with E-state index in [1.807, 2.05) is 18.7 Å². The van der Waals surface area contributed by atoms with E-state index in [0.717, 1.165) is 6.54 Å². The van der Waals surface area contributed by atoms with Gasteiger partial charge in [-0.05, 0) is 32.9 Å². The Bertz CT molecular complexity index is 338. The van der Waals surface area contributed by atoms with Gasteiger partial charge in [-0.15, -0.1) is 23.7 Å². The molecular weight excluding hydrogens is 246 g/mol.